The largest absolute Gasteiger partial charge is 0.479 e. The molecule has 1 aliphatic heterocycles. The lowest BCUT2D eigenvalue weighted by atomic mass is 10.1. The van der Waals surface area contributed by atoms with Crippen molar-refractivity contribution in [2.24, 2.45) is 0 Å². The molecule has 2 aromatic rings. The van der Waals surface area contributed by atoms with Gasteiger partial charge in [0.15, 0.2) is 17.6 Å². The summed E-state index contributed by atoms with van der Waals surface area (Å²) in [5.41, 5.74) is 0.597. The number of carboxylic acids is 1. The Balaban J connectivity index is 1.72. The third-order valence-electron chi connectivity index (χ3n) is 3.97. The Morgan fingerprint density at radius 3 is 2.33 bits per heavy atom. The van der Waals surface area contributed by atoms with Gasteiger partial charge in [-0.1, -0.05) is 30.3 Å². The van der Waals surface area contributed by atoms with Crippen molar-refractivity contribution < 1.29 is 14.7 Å². The van der Waals surface area contributed by atoms with E-state index in [9.17, 15) is 14.7 Å². The lowest BCUT2D eigenvalue weighted by molar-refractivity contribution is -0.139. The number of hydrogen-bond donors (Lipinski definition) is 2. The molecular weight excluding hydrogens is 308 g/mol. The number of carbonyl (C=O) groups excluding carboxylic acids is 1. The number of benzene rings is 1. The minimum Gasteiger partial charge on any atom is -0.479 e. The van der Waals surface area contributed by atoms with Crippen molar-refractivity contribution in [1.29, 1.82) is 0 Å². The second kappa shape index (κ2) is 7.08. The molecule has 1 saturated heterocycles. The molecule has 3 rings (SSSR count). The fraction of sp³-hybridized carbons (Fsp3) is 0.294. The van der Waals surface area contributed by atoms with Crippen LogP contribution in [0, 0.1) is 0 Å². The van der Waals surface area contributed by atoms with Crippen molar-refractivity contribution in [3.8, 4) is 0 Å². The Morgan fingerprint density at radius 1 is 1.04 bits per heavy atom. The van der Waals surface area contributed by atoms with E-state index in [1.807, 2.05) is 0 Å². The predicted molar refractivity (Wildman–Crippen MR) is 87.8 cm³/mol. The molecule has 0 radical (unpaired) electrons. The molecule has 1 amide bonds. The Bertz CT molecular complexity index is 712. The summed E-state index contributed by atoms with van der Waals surface area (Å²) >= 11 is 0. The average Bonchev–Trinajstić information content (AvgIpc) is 3.15. The van der Waals surface area contributed by atoms with Crippen LogP contribution >= 0.6 is 0 Å². The maximum atomic E-state index is 12.3. The summed E-state index contributed by atoms with van der Waals surface area (Å²) in [7, 11) is 0. The fourth-order valence-corrected chi connectivity index (χ4v) is 2.70. The SMILES string of the molecule is O=C(NC(C(=O)O)c1ccccc1)c1ccc(N2CCCC2)nn1. The van der Waals surface area contributed by atoms with Gasteiger partial charge in [-0.2, -0.15) is 0 Å². The molecule has 0 bridgehead atoms. The molecule has 1 aromatic heterocycles. The number of rotatable bonds is 5. The zero-order valence-corrected chi connectivity index (χ0v) is 13.1. The van der Waals surface area contributed by atoms with Crippen molar-refractivity contribution in [3.05, 3.63) is 53.7 Å². The predicted octanol–water partition coefficient (Wildman–Crippen LogP) is 1.63. The van der Waals surface area contributed by atoms with Gasteiger partial charge in [-0.05, 0) is 30.5 Å². The average molecular weight is 326 g/mol. The lowest BCUT2D eigenvalue weighted by Gasteiger charge is -2.16. The Labute approximate surface area is 139 Å². The number of aliphatic carboxylic acids is 1. The highest BCUT2D eigenvalue weighted by molar-refractivity contribution is 5.95. The minimum atomic E-state index is -1.13. The molecule has 0 aliphatic carbocycles. The number of hydrogen-bond acceptors (Lipinski definition) is 5. The van der Waals surface area contributed by atoms with Crippen molar-refractivity contribution >= 4 is 17.7 Å². The fourth-order valence-electron chi connectivity index (χ4n) is 2.70. The molecule has 7 nitrogen and oxygen atoms in total. The highest BCUT2D eigenvalue weighted by Gasteiger charge is 2.23. The van der Waals surface area contributed by atoms with E-state index in [1.165, 1.54) is 0 Å². The quantitative estimate of drug-likeness (QED) is 0.867. The van der Waals surface area contributed by atoms with Gasteiger partial charge >= 0.3 is 5.97 Å². The summed E-state index contributed by atoms with van der Waals surface area (Å²) in [5, 5.41) is 19.8. The molecule has 1 atom stereocenters. The van der Waals surface area contributed by atoms with Gasteiger partial charge < -0.3 is 15.3 Å². The highest BCUT2D eigenvalue weighted by Crippen LogP contribution is 2.17. The van der Waals surface area contributed by atoms with Crippen LogP contribution in [-0.4, -0.2) is 40.3 Å². The molecule has 2 heterocycles. The van der Waals surface area contributed by atoms with Gasteiger partial charge in [0.1, 0.15) is 0 Å². The number of carboxylic acid groups (broad SMARTS) is 1. The zero-order valence-electron chi connectivity index (χ0n) is 13.1. The van der Waals surface area contributed by atoms with Crippen LogP contribution < -0.4 is 10.2 Å². The molecule has 7 heteroatoms. The molecular formula is C17H18N4O3. The van der Waals surface area contributed by atoms with E-state index in [0.717, 1.165) is 31.7 Å². The summed E-state index contributed by atoms with van der Waals surface area (Å²) < 4.78 is 0. The lowest BCUT2D eigenvalue weighted by Crippen LogP contribution is -2.34. The second-order valence-corrected chi connectivity index (χ2v) is 5.63. The molecule has 24 heavy (non-hydrogen) atoms. The molecule has 2 N–H and O–H groups in total. The van der Waals surface area contributed by atoms with Gasteiger partial charge in [-0.3, -0.25) is 4.79 Å². The van der Waals surface area contributed by atoms with E-state index in [2.05, 4.69) is 20.4 Å². The molecule has 1 aliphatic rings. The topological polar surface area (TPSA) is 95.4 Å². The summed E-state index contributed by atoms with van der Waals surface area (Å²) in [6, 6.07) is 10.7. The first kappa shape index (κ1) is 15.9. The van der Waals surface area contributed by atoms with Gasteiger partial charge in [0.25, 0.3) is 5.91 Å². The van der Waals surface area contributed by atoms with E-state index in [-0.39, 0.29) is 5.69 Å². The maximum absolute atomic E-state index is 12.3. The van der Waals surface area contributed by atoms with Gasteiger partial charge in [-0.25, -0.2) is 4.79 Å². The zero-order chi connectivity index (χ0) is 16.9. The third-order valence-corrected chi connectivity index (χ3v) is 3.97. The van der Waals surface area contributed by atoms with Gasteiger partial charge in [0, 0.05) is 13.1 Å². The van der Waals surface area contributed by atoms with Crippen molar-refractivity contribution in [2.75, 3.05) is 18.0 Å². The molecule has 1 unspecified atom stereocenters. The first-order chi connectivity index (χ1) is 11.6. The van der Waals surface area contributed by atoms with Gasteiger partial charge in [-0.15, -0.1) is 10.2 Å². The molecule has 1 fully saturated rings. The molecule has 0 spiro atoms. The smallest absolute Gasteiger partial charge is 0.330 e. The van der Waals surface area contributed by atoms with Gasteiger partial charge in [0.05, 0.1) is 0 Å². The summed E-state index contributed by atoms with van der Waals surface area (Å²) in [5.74, 6) is -0.954. The summed E-state index contributed by atoms with van der Waals surface area (Å²) in [6.45, 7) is 1.88. The van der Waals surface area contributed by atoms with Gasteiger partial charge in [0.2, 0.25) is 0 Å². The van der Waals surface area contributed by atoms with E-state index in [0.29, 0.717) is 5.56 Å². The normalized spacial score (nSPS) is 15.1. The van der Waals surface area contributed by atoms with Crippen molar-refractivity contribution in [1.82, 2.24) is 15.5 Å². The molecule has 124 valence electrons. The van der Waals surface area contributed by atoms with Crippen LogP contribution in [0.4, 0.5) is 5.82 Å². The Kier molecular flexibility index (Phi) is 4.69. The highest BCUT2D eigenvalue weighted by atomic mass is 16.4. The summed E-state index contributed by atoms with van der Waals surface area (Å²) in [6.07, 6.45) is 2.25. The van der Waals surface area contributed by atoms with Crippen LogP contribution in [0.2, 0.25) is 0 Å². The standard InChI is InChI=1S/C17H18N4O3/c22-16(18-15(17(23)24)12-6-2-1-3-7-12)13-8-9-14(20-19-13)21-10-4-5-11-21/h1-3,6-9,15H,4-5,10-11H2,(H,18,22)(H,23,24). The van der Waals surface area contributed by atoms with Crippen LogP contribution in [0.15, 0.2) is 42.5 Å². The molecule has 0 saturated carbocycles. The first-order valence-electron chi connectivity index (χ1n) is 7.82. The third kappa shape index (κ3) is 3.51. The number of nitrogens with zero attached hydrogens (tertiary/aromatic N) is 3. The Morgan fingerprint density at radius 2 is 1.75 bits per heavy atom. The molecule has 1 aromatic carbocycles. The van der Waals surface area contributed by atoms with Crippen LogP contribution in [-0.2, 0) is 4.79 Å². The van der Waals surface area contributed by atoms with Crippen molar-refractivity contribution in [3.63, 3.8) is 0 Å². The number of anilines is 1. The van der Waals surface area contributed by atoms with E-state index in [1.54, 1.807) is 42.5 Å². The Hall–Kier alpha value is -2.96. The number of nitrogens with one attached hydrogen (secondary N) is 1. The second-order valence-electron chi connectivity index (χ2n) is 5.63. The van der Waals surface area contributed by atoms with E-state index >= 15 is 0 Å². The number of amides is 1. The maximum Gasteiger partial charge on any atom is 0.330 e. The monoisotopic (exact) mass is 326 g/mol. The van der Waals surface area contributed by atoms with Crippen LogP contribution in [0.1, 0.15) is 34.9 Å². The van der Waals surface area contributed by atoms with Crippen LogP contribution in [0.25, 0.3) is 0 Å². The number of aromatic nitrogens is 2. The number of carbonyl (C=O) groups is 2. The van der Waals surface area contributed by atoms with Crippen LogP contribution in [0.3, 0.4) is 0 Å². The first-order valence-corrected chi connectivity index (χ1v) is 7.82. The minimum absolute atomic E-state index is 0.0973. The van der Waals surface area contributed by atoms with Crippen molar-refractivity contribution in [2.45, 2.75) is 18.9 Å². The van der Waals surface area contributed by atoms with E-state index in [4.69, 9.17) is 0 Å². The van der Waals surface area contributed by atoms with E-state index < -0.39 is 17.9 Å². The van der Waals surface area contributed by atoms with Crippen LogP contribution in [0.5, 0.6) is 0 Å². The summed E-state index contributed by atoms with van der Waals surface area (Å²) in [4.78, 5) is 25.8.